The minimum absolute atomic E-state index is 0.0600. The van der Waals surface area contributed by atoms with Crippen LogP contribution in [0.5, 0.6) is 0 Å². The molecule has 6 heteroatoms. The fourth-order valence-corrected chi connectivity index (χ4v) is 3.16. The molecule has 0 radical (unpaired) electrons. The number of hydrogen-bond acceptors (Lipinski definition) is 3. The lowest BCUT2D eigenvalue weighted by Gasteiger charge is -2.25. The second kappa shape index (κ2) is 5.81. The number of rotatable bonds is 3. The third-order valence-corrected chi connectivity index (χ3v) is 4.25. The van der Waals surface area contributed by atoms with E-state index in [1.807, 2.05) is 42.5 Å². The van der Waals surface area contributed by atoms with Crippen LogP contribution in [0.3, 0.4) is 0 Å². The van der Waals surface area contributed by atoms with Crippen molar-refractivity contribution in [2.75, 3.05) is 6.54 Å². The number of urea groups is 1. The van der Waals surface area contributed by atoms with E-state index < -0.39 is 6.04 Å². The minimum Gasteiger partial charge on any atom is -0.329 e. The van der Waals surface area contributed by atoms with Gasteiger partial charge in [-0.25, -0.2) is 4.79 Å². The Labute approximate surface area is 139 Å². The van der Waals surface area contributed by atoms with E-state index in [1.54, 1.807) is 17.3 Å². The summed E-state index contributed by atoms with van der Waals surface area (Å²) in [6.45, 7) is 0.872. The van der Waals surface area contributed by atoms with E-state index in [0.717, 1.165) is 11.1 Å². The molecule has 2 aromatic rings. The van der Waals surface area contributed by atoms with E-state index in [2.05, 4.69) is 15.6 Å². The Kier molecular flexibility index (Phi) is 3.49. The van der Waals surface area contributed by atoms with Gasteiger partial charge in [0, 0.05) is 18.9 Å². The van der Waals surface area contributed by atoms with E-state index in [-0.39, 0.29) is 11.9 Å². The SMILES string of the molecule is O=C1NC2=C(C(=O)N(Cc3cccnc3)C2)[C@@H](c2ccccc2)N1. The lowest BCUT2D eigenvalue weighted by Crippen LogP contribution is -2.44. The van der Waals surface area contributed by atoms with Gasteiger partial charge in [0.2, 0.25) is 0 Å². The zero-order valence-electron chi connectivity index (χ0n) is 12.9. The van der Waals surface area contributed by atoms with Gasteiger partial charge >= 0.3 is 6.03 Å². The fourth-order valence-electron chi connectivity index (χ4n) is 3.16. The fraction of sp³-hybridized carbons (Fsp3) is 0.167. The molecule has 0 unspecified atom stereocenters. The molecule has 4 rings (SSSR count). The molecule has 3 amide bonds. The van der Waals surface area contributed by atoms with Gasteiger partial charge in [0.1, 0.15) is 0 Å². The van der Waals surface area contributed by atoms with Crippen molar-refractivity contribution in [3.05, 3.63) is 77.3 Å². The summed E-state index contributed by atoms with van der Waals surface area (Å²) in [6.07, 6.45) is 3.45. The topological polar surface area (TPSA) is 74.3 Å². The first kappa shape index (κ1) is 14.4. The Morgan fingerprint density at radius 3 is 2.71 bits per heavy atom. The predicted octanol–water partition coefficient (Wildman–Crippen LogP) is 1.73. The highest BCUT2D eigenvalue weighted by atomic mass is 16.2. The maximum Gasteiger partial charge on any atom is 0.319 e. The highest BCUT2D eigenvalue weighted by Gasteiger charge is 2.40. The van der Waals surface area contributed by atoms with Crippen molar-refractivity contribution in [3.63, 3.8) is 0 Å². The molecule has 120 valence electrons. The molecule has 1 aromatic carbocycles. The van der Waals surface area contributed by atoms with Crippen LogP contribution < -0.4 is 10.6 Å². The third kappa shape index (κ3) is 2.52. The van der Waals surface area contributed by atoms with Crippen LogP contribution in [0.15, 0.2) is 66.1 Å². The number of carbonyl (C=O) groups excluding carboxylic acids is 2. The zero-order valence-corrected chi connectivity index (χ0v) is 12.9. The van der Waals surface area contributed by atoms with Crippen molar-refractivity contribution >= 4 is 11.9 Å². The number of nitrogens with one attached hydrogen (secondary N) is 2. The Morgan fingerprint density at radius 1 is 1.12 bits per heavy atom. The van der Waals surface area contributed by atoms with Crippen LogP contribution in [0.2, 0.25) is 0 Å². The van der Waals surface area contributed by atoms with E-state index >= 15 is 0 Å². The number of hydrogen-bond donors (Lipinski definition) is 2. The van der Waals surface area contributed by atoms with Crippen LogP contribution in [-0.4, -0.2) is 28.4 Å². The van der Waals surface area contributed by atoms with E-state index in [0.29, 0.717) is 24.4 Å². The summed E-state index contributed by atoms with van der Waals surface area (Å²) < 4.78 is 0. The molecule has 0 fully saturated rings. The largest absolute Gasteiger partial charge is 0.329 e. The van der Waals surface area contributed by atoms with Crippen molar-refractivity contribution in [1.29, 1.82) is 0 Å². The van der Waals surface area contributed by atoms with Gasteiger partial charge in [-0.05, 0) is 17.2 Å². The minimum atomic E-state index is -0.415. The summed E-state index contributed by atoms with van der Waals surface area (Å²) >= 11 is 0. The first-order chi connectivity index (χ1) is 11.7. The molecule has 0 saturated heterocycles. The van der Waals surface area contributed by atoms with Gasteiger partial charge in [0.25, 0.3) is 5.91 Å². The van der Waals surface area contributed by atoms with Crippen LogP contribution in [0.4, 0.5) is 4.79 Å². The Hall–Kier alpha value is -3.15. The van der Waals surface area contributed by atoms with Gasteiger partial charge in [-0.3, -0.25) is 9.78 Å². The first-order valence-corrected chi connectivity index (χ1v) is 7.76. The van der Waals surface area contributed by atoms with Gasteiger partial charge in [-0.2, -0.15) is 0 Å². The van der Waals surface area contributed by atoms with Crippen LogP contribution in [0.1, 0.15) is 17.2 Å². The highest BCUT2D eigenvalue weighted by molar-refractivity contribution is 6.01. The van der Waals surface area contributed by atoms with Crippen molar-refractivity contribution in [2.24, 2.45) is 0 Å². The molecule has 0 spiro atoms. The van der Waals surface area contributed by atoms with E-state index in [4.69, 9.17) is 0 Å². The summed E-state index contributed by atoms with van der Waals surface area (Å²) in [7, 11) is 0. The average Bonchev–Trinajstić information content (AvgIpc) is 2.91. The molecule has 1 aromatic heterocycles. The molecule has 3 heterocycles. The lowest BCUT2D eigenvalue weighted by molar-refractivity contribution is -0.126. The van der Waals surface area contributed by atoms with E-state index in [1.165, 1.54) is 0 Å². The molecule has 1 atom stereocenters. The standard InChI is InChI=1S/C18H16N4O2/c23-17-15-14(11-22(17)10-12-5-4-8-19-9-12)20-18(24)21-16(15)13-6-2-1-3-7-13/h1-9,16H,10-11H2,(H2,20,21,24)/t16-/m1/s1. The van der Waals surface area contributed by atoms with Crippen LogP contribution in [0, 0.1) is 0 Å². The molecule has 0 saturated carbocycles. The molecule has 0 bridgehead atoms. The molecular formula is C18H16N4O2. The summed E-state index contributed by atoms with van der Waals surface area (Å²) in [6, 6.07) is 12.6. The highest BCUT2D eigenvalue weighted by Crippen LogP contribution is 2.32. The maximum absolute atomic E-state index is 12.9. The second-order valence-corrected chi connectivity index (χ2v) is 5.86. The number of amides is 3. The molecule has 2 aliphatic rings. The Balaban J connectivity index is 1.63. The van der Waals surface area contributed by atoms with Crippen LogP contribution >= 0.6 is 0 Å². The van der Waals surface area contributed by atoms with Crippen molar-refractivity contribution in [1.82, 2.24) is 20.5 Å². The quantitative estimate of drug-likeness (QED) is 0.904. The number of pyridine rings is 1. The third-order valence-electron chi connectivity index (χ3n) is 4.25. The van der Waals surface area contributed by atoms with Gasteiger partial charge in [-0.1, -0.05) is 36.4 Å². The zero-order chi connectivity index (χ0) is 16.5. The Bertz CT molecular complexity index is 817. The maximum atomic E-state index is 12.9. The number of carbonyl (C=O) groups is 2. The summed E-state index contributed by atoms with van der Waals surface area (Å²) in [5.41, 5.74) is 3.16. The van der Waals surface area contributed by atoms with Gasteiger partial charge < -0.3 is 15.5 Å². The molecule has 6 nitrogen and oxygen atoms in total. The number of benzene rings is 1. The smallest absolute Gasteiger partial charge is 0.319 e. The monoisotopic (exact) mass is 320 g/mol. The van der Waals surface area contributed by atoms with Gasteiger partial charge in [-0.15, -0.1) is 0 Å². The van der Waals surface area contributed by atoms with Crippen LogP contribution in [0.25, 0.3) is 0 Å². The number of aromatic nitrogens is 1. The first-order valence-electron chi connectivity index (χ1n) is 7.76. The Morgan fingerprint density at radius 2 is 1.96 bits per heavy atom. The van der Waals surface area contributed by atoms with E-state index in [9.17, 15) is 9.59 Å². The van der Waals surface area contributed by atoms with Gasteiger partial charge in [0.15, 0.2) is 0 Å². The van der Waals surface area contributed by atoms with Crippen molar-refractivity contribution < 1.29 is 9.59 Å². The van der Waals surface area contributed by atoms with Crippen molar-refractivity contribution in [2.45, 2.75) is 12.6 Å². The predicted molar refractivity (Wildman–Crippen MR) is 87.5 cm³/mol. The van der Waals surface area contributed by atoms with Gasteiger partial charge in [0.05, 0.1) is 23.9 Å². The molecule has 2 aliphatic heterocycles. The molecule has 2 N–H and O–H groups in total. The average molecular weight is 320 g/mol. The summed E-state index contributed by atoms with van der Waals surface area (Å²) in [5, 5.41) is 5.63. The molecule has 24 heavy (non-hydrogen) atoms. The van der Waals surface area contributed by atoms with Crippen LogP contribution in [-0.2, 0) is 11.3 Å². The summed E-state index contributed by atoms with van der Waals surface area (Å²) in [4.78, 5) is 30.7. The second-order valence-electron chi connectivity index (χ2n) is 5.86. The molecule has 0 aliphatic carbocycles. The number of nitrogens with zero attached hydrogens (tertiary/aromatic N) is 2. The molecular weight excluding hydrogens is 304 g/mol. The normalized spacial score (nSPS) is 19.8. The van der Waals surface area contributed by atoms with Crippen molar-refractivity contribution in [3.8, 4) is 0 Å². The lowest BCUT2D eigenvalue weighted by atomic mass is 9.96. The summed E-state index contributed by atoms with van der Waals surface area (Å²) in [5.74, 6) is -0.0600.